The van der Waals surface area contributed by atoms with Crippen molar-refractivity contribution in [2.24, 2.45) is 0 Å². The molecule has 2 N–H and O–H groups in total. The molecule has 0 saturated carbocycles. The zero-order valence-electron chi connectivity index (χ0n) is 12.8. The van der Waals surface area contributed by atoms with Crippen molar-refractivity contribution in [2.75, 3.05) is 40.0 Å². The third-order valence-electron chi connectivity index (χ3n) is 3.21. The Morgan fingerprint density at radius 3 is 2.80 bits per heavy atom. The molecular weight excluding hydrogens is 260 g/mol. The van der Waals surface area contributed by atoms with Crippen molar-refractivity contribution >= 4 is 5.91 Å². The second-order valence-electron chi connectivity index (χ2n) is 5.52. The van der Waals surface area contributed by atoms with Crippen molar-refractivity contribution in [3.05, 3.63) is 0 Å². The molecule has 1 aliphatic heterocycles. The Hall–Kier alpha value is -0.690. The first-order chi connectivity index (χ1) is 9.50. The van der Waals surface area contributed by atoms with E-state index in [2.05, 4.69) is 5.32 Å². The van der Waals surface area contributed by atoms with Crippen molar-refractivity contribution < 1.29 is 19.4 Å². The quantitative estimate of drug-likeness (QED) is 0.584. The number of hydrogen-bond donors (Lipinski definition) is 2. The number of carbonyl (C=O) groups is 1. The normalized spacial score (nSPS) is 20.4. The highest BCUT2D eigenvalue weighted by Gasteiger charge is 2.25. The molecule has 6 nitrogen and oxygen atoms in total. The fourth-order valence-electron chi connectivity index (χ4n) is 2.18. The van der Waals surface area contributed by atoms with Crippen molar-refractivity contribution in [3.8, 4) is 0 Å². The number of nitrogens with zero attached hydrogens (tertiary/aromatic N) is 1. The Labute approximate surface area is 121 Å². The van der Waals surface area contributed by atoms with Crippen LogP contribution in [0.5, 0.6) is 0 Å². The van der Waals surface area contributed by atoms with E-state index in [1.54, 1.807) is 11.9 Å². The summed E-state index contributed by atoms with van der Waals surface area (Å²) in [5.41, 5.74) is 0. The van der Waals surface area contributed by atoms with Crippen LogP contribution in [0.25, 0.3) is 0 Å². The van der Waals surface area contributed by atoms with Gasteiger partial charge in [0.1, 0.15) is 0 Å². The summed E-state index contributed by atoms with van der Waals surface area (Å²) in [6.45, 7) is 6.31. The molecule has 0 bridgehead atoms. The van der Waals surface area contributed by atoms with Gasteiger partial charge in [-0.15, -0.1) is 0 Å². The number of nitrogens with one attached hydrogen (secondary N) is 1. The van der Waals surface area contributed by atoms with Gasteiger partial charge < -0.3 is 24.8 Å². The summed E-state index contributed by atoms with van der Waals surface area (Å²) in [6.07, 6.45) is 1.43. The summed E-state index contributed by atoms with van der Waals surface area (Å²) in [4.78, 5) is 13.6. The Morgan fingerprint density at radius 1 is 1.45 bits per heavy atom. The molecule has 0 radical (unpaired) electrons. The average Bonchev–Trinajstić information content (AvgIpc) is 2.90. The van der Waals surface area contributed by atoms with E-state index in [1.807, 2.05) is 13.8 Å². The highest BCUT2D eigenvalue weighted by Crippen LogP contribution is 2.08. The van der Waals surface area contributed by atoms with Crippen LogP contribution >= 0.6 is 0 Å². The highest BCUT2D eigenvalue weighted by molar-refractivity contribution is 5.81. The number of aliphatic hydroxyl groups is 1. The molecule has 2 unspecified atom stereocenters. The predicted octanol–water partition coefficient (Wildman–Crippen LogP) is -0.000700. The van der Waals surface area contributed by atoms with Crippen LogP contribution in [0.2, 0.25) is 0 Å². The fraction of sp³-hybridized carbons (Fsp3) is 0.929. The van der Waals surface area contributed by atoms with Gasteiger partial charge in [-0.3, -0.25) is 4.79 Å². The SMILES string of the molecule is CC(C)OCCOCC(O)CN(C)C(=O)C1CCCN1. The van der Waals surface area contributed by atoms with E-state index in [-0.39, 0.29) is 24.7 Å². The number of ether oxygens (including phenoxy) is 2. The van der Waals surface area contributed by atoms with Crippen LogP contribution < -0.4 is 5.32 Å². The van der Waals surface area contributed by atoms with E-state index < -0.39 is 6.10 Å². The standard InChI is InChI=1S/C14H28N2O4/c1-11(2)20-8-7-19-10-12(17)9-16(3)14(18)13-5-4-6-15-13/h11-13,15,17H,4-10H2,1-3H3. The lowest BCUT2D eigenvalue weighted by Gasteiger charge is -2.23. The van der Waals surface area contributed by atoms with Crippen LogP contribution in [-0.4, -0.2) is 74.1 Å². The molecule has 1 amide bonds. The van der Waals surface area contributed by atoms with Gasteiger partial charge in [0.2, 0.25) is 5.91 Å². The van der Waals surface area contributed by atoms with Crippen LogP contribution in [0.15, 0.2) is 0 Å². The summed E-state index contributed by atoms with van der Waals surface area (Å²) in [5.74, 6) is 0.0460. The van der Waals surface area contributed by atoms with Gasteiger partial charge in [-0.25, -0.2) is 0 Å². The van der Waals surface area contributed by atoms with Crippen LogP contribution in [0.4, 0.5) is 0 Å². The Bertz CT molecular complexity index is 280. The maximum absolute atomic E-state index is 12.0. The van der Waals surface area contributed by atoms with Crippen molar-refractivity contribution in [1.29, 1.82) is 0 Å². The number of amides is 1. The van der Waals surface area contributed by atoms with Gasteiger partial charge in [-0.1, -0.05) is 0 Å². The molecule has 2 atom stereocenters. The minimum absolute atomic E-state index is 0.0460. The maximum Gasteiger partial charge on any atom is 0.239 e. The minimum Gasteiger partial charge on any atom is -0.389 e. The van der Waals surface area contributed by atoms with Crippen LogP contribution in [-0.2, 0) is 14.3 Å². The Morgan fingerprint density at radius 2 is 2.20 bits per heavy atom. The molecule has 1 rings (SSSR count). The lowest BCUT2D eigenvalue weighted by atomic mass is 10.2. The van der Waals surface area contributed by atoms with Crippen LogP contribution in [0.1, 0.15) is 26.7 Å². The molecule has 0 aromatic carbocycles. The molecule has 1 heterocycles. The molecule has 20 heavy (non-hydrogen) atoms. The third kappa shape index (κ3) is 6.65. The van der Waals surface area contributed by atoms with Crippen LogP contribution in [0.3, 0.4) is 0 Å². The van der Waals surface area contributed by atoms with Gasteiger partial charge in [0.15, 0.2) is 0 Å². The Balaban J connectivity index is 2.11. The topological polar surface area (TPSA) is 71.0 Å². The molecule has 6 heteroatoms. The molecule has 0 aromatic rings. The van der Waals surface area contributed by atoms with Crippen molar-refractivity contribution in [3.63, 3.8) is 0 Å². The van der Waals surface area contributed by atoms with E-state index in [4.69, 9.17) is 9.47 Å². The zero-order chi connectivity index (χ0) is 15.0. The van der Waals surface area contributed by atoms with Gasteiger partial charge in [-0.05, 0) is 33.2 Å². The Kier molecular flexibility index (Phi) is 8.06. The number of likely N-dealkylation sites (N-methyl/N-ethyl adjacent to an activating group) is 1. The zero-order valence-corrected chi connectivity index (χ0v) is 12.8. The summed E-state index contributed by atoms with van der Waals surface area (Å²) in [7, 11) is 1.72. The maximum atomic E-state index is 12.0. The summed E-state index contributed by atoms with van der Waals surface area (Å²) >= 11 is 0. The number of carbonyl (C=O) groups excluding carboxylic acids is 1. The molecule has 0 spiro atoms. The molecule has 1 aliphatic rings. The van der Waals surface area contributed by atoms with Gasteiger partial charge in [0.25, 0.3) is 0 Å². The lowest BCUT2D eigenvalue weighted by molar-refractivity contribution is -0.133. The largest absolute Gasteiger partial charge is 0.389 e. The molecule has 0 aromatic heterocycles. The second kappa shape index (κ2) is 9.28. The highest BCUT2D eigenvalue weighted by atomic mass is 16.5. The first-order valence-electron chi connectivity index (χ1n) is 7.36. The monoisotopic (exact) mass is 288 g/mol. The lowest BCUT2D eigenvalue weighted by Crippen LogP contribution is -2.45. The summed E-state index contributed by atoms with van der Waals surface area (Å²) in [6, 6.07) is -0.0902. The third-order valence-corrected chi connectivity index (χ3v) is 3.21. The first-order valence-corrected chi connectivity index (χ1v) is 7.36. The molecule has 0 aliphatic carbocycles. The van der Waals surface area contributed by atoms with Crippen LogP contribution in [0, 0.1) is 0 Å². The van der Waals surface area contributed by atoms with Gasteiger partial charge in [-0.2, -0.15) is 0 Å². The van der Waals surface area contributed by atoms with Gasteiger partial charge in [0.05, 0.1) is 38.1 Å². The van der Waals surface area contributed by atoms with E-state index >= 15 is 0 Å². The number of aliphatic hydroxyl groups excluding tert-OH is 1. The molecular formula is C14H28N2O4. The van der Waals surface area contributed by atoms with Gasteiger partial charge >= 0.3 is 0 Å². The number of rotatable bonds is 9. The van der Waals surface area contributed by atoms with Gasteiger partial charge in [0, 0.05) is 13.6 Å². The number of hydrogen-bond acceptors (Lipinski definition) is 5. The summed E-state index contributed by atoms with van der Waals surface area (Å²) < 4.78 is 10.7. The summed E-state index contributed by atoms with van der Waals surface area (Å²) in [5, 5.41) is 13.0. The smallest absolute Gasteiger partial charge is 0.239 e. The van der Waals surface area contributed by atoms with Crippen molar-refractivity contribution in [2.45, 2.75) is 44.9 Å². The molecule has 118 valence electrons. The molecule has 1 fully saturated rings. The van der Waals surface area contributed by atoms with E-state index in [9.17, 15) is 9.90 Å². The minimum atomic E-state index is -0.663. The second-order valence-corrected chi connectivity index (χ2v) is 5.52. The van der Waals surface area contributed by atoms with Crippen molar-refractivity contribution in [1.82, 2.24) is 10.2 Å². The van der Waals surface area contributed by atoms with E-state index in [1.165, 1.54) is 0 Å². The van der Waals surface area contributed by atoms with E-state index in [0.29, 0.717) is 19.8 Å². The van der Waals surface area contributed by atoms with E-state index in [0.717, 1.165) is 19.4 Å². The average molecular weight is 288 g/mol. The first kappa shape index (κ1) is 17.4. The predicted molar refractivity (Wildman–Crippen MR) is 76.6 cm³/mol. The fourth-order valence-corrected chi connectivity index (χ4v) is 2.18. The molecule has 1 saturated heterocycles.